The fraction of sp³-hybridized carbons (Fsp3) is 0.412. The van der Waals surface area contributed by atoms with Crippen LogP contribution in [0.4, 0.5) is 0 Å². The maximum atomic E-state index is 12.6. The van der Waals surface area contributed by atoms with Crippen LogP contribution in [0.15, 0.2) is 36.7 Å². The summed E-state index contributed by atoms with van der Waals surface area (Å²) in [5.41, 5.74) is 8.01. The molecule has 0 saturated carbocycles. The Balaban J connectivity index is 1.76. The normalized spacial score (nSPS) is 20.7. The van der Waals surface area contributed by atoms with Gasteiger partial charge in [-0.05, 0) is 24.6 Å². The molecular formula is C17H22N4O2. The monoisotopic (exact) mass is 314 g/mol. The van der Waals surface area contributed by atoms with E-state index in [2.05, 4.69) is 5.10 Å². The predicted octanol–water partition coefficient (Wildman–Crippen LogP) is 1.48. The van der Waals surface area contributed by atoms with E-state index < -0.39 is 0 Å². The molecule has 0 spiro atoms. The number of methoxy groups -OCH3 is 1. The van der Waals surface area contributed by atoms with E-state index in [4.69, 9.17) is 10.5 Å². The molecule has 1 aromatic heterocycles. The fourth-order valence-corrected chi connectivity index (χ4v) is 3.05. The Morgan fingerprint density at radius 3 is 2.96 bits per heavy atom. The van der Waals surface area contributed by atoms with Gasteiger partial charge in [0.05, 0.1) is 18.9 Å². The van der Waals surface area contributed by atoms with Gasteiger partial charge in [0.2, 0.25) is 0 Å². The van der Waals surface area contributed by atoms with Crippen LogP contribution >= 0.6 is 0 Å². The largest absolute Gasteiger partial charge is 0.497 e. The minimum Gasteiger partial charge on any atom is -0.497 e. The maximum Gasteiger partial charge on any atom is 0.257 e. The minimum absolute atomic E-state index is 0.00875. The molecule has 0 radical (unpaired) electrons. The number of carbonyl (C=O) groups is 1. The second-order valence-corrected chi connectivity index (χ2v) is 5.84. The first-order chi connectivity index (χ1) is 11.1. The number of nitrogens with two attached hydrogens (primary N) is 1. The number of hydrogen-bond acceptors (Lipinski definition) is 4. The van der Waals surface area contributed by atoms with Gasteiger partial charge < -0.3 is 15.4 Å². The molecule has 6 nitrogen and oxygen atoms in total. The lowest BCUT2D eigenvalue weighted by atomic mass is 9.95. The van der Waals surface area contributed by atoms with Gasteiger partial charge in [-0.1, -0.05) is 12.1 Å². The summed E-state index contributed by atoms with van der Waals surface area (Å²) in [5.74, 6) is 0.921. The lowest BCUT2D eigenvalue weighted by Crippen LogP contribution is -2.32. The smallest absolute Gasteiger partial charge is 0.257 e. The van der Waals surface area contributed by atoms with Gasteiger partial charge in [0.25, 0.3) is 5.91 Å². The third-order valence-electron chi connectivity index (χ3n) is 4.38. The highest BCUT2D eigenvalue weighted by Gasteiger charge is 2.34. The third-order valence-corrected chi connectivity index (χ3v) is 4.38. The zero-order valence-corrected chi connectivity index (χ0v) is 13.5. The third kappa shape index (κ3) is 3.07. The summed E-state index contributed by atoms with van der Waals surface area (Å²) in [5, 5.41) is 4.17. The SMILES string of the molecule is CCn1cc(C(=O)N2C[C@H](c3cccc(OC)c3)[C@@H](N)C2)cn1. The molecule has 0 aliphatic carbocycles. The van der Waals surface area contributed by atoms with Gasteiger partial charge >= 0.3 is 0 Å². The number of benzene rings is 1. The van der Waals surface area contributed by atoms with Crippen molar-refractivity contribution in [3.63, 3.8) is 0 Å². The summed E-state index contributed by atoms with van der Waals surface area (Å²) in [7, 11) is 1.65. The summed E-state index contributed by atoms with van der Waals surface area (Å²) in [6.45, 7) is 3.91. The van der Waals surface area contributed by atoms with Crippen LogP contribution in [0.3, 0.4) is 0 Å². The van der Waals surface area contributed by atoms with Crippen LogP contribution in [0.5, 0.6) is 5.75 Å². The van der Waals surface area contributed by atoms with Gasteiger partial charge in [0.1, 0.15) is 5.75 Å². The molecule has 23 heavy (non-hydrogen) atoms. The minimum atomic E-state index is -0.0766. The number of likely N-dealkylation sites (tertiary alicyclic amines) is 1. The standard InChI is InChI=1S/C17H22N4O2/c1-3-21-9-13(8-19-21)17(22)20-10-15(16(18)11-20)12-5-4-6-14(7-12)23-2/h4-9,15-16H,3,10-11,18H2,1-2H3/t15-,16+/m1/s1. The Labute approximate surface area is 135 Å². The topological polar surface area (TPSA) is 73.4 Å². The first-order valence-electron chi connectivity index (χ1n) is 7.83. The summed E-state index contributed by atoms with van der Waals surface area (Å²) in [6, 6.07) is 7.82. The van der Waals surface area contributed by atoms with Crippen molar-refractivity contribution in [2.45, 2.75) is 25.4 Å². The van der Waals surface area contributed by atoms with E-state index in [9.17, 15) is 4.79 Å². The van der Waals surface area contributed by atoms with Crippen LogP contribution in [0, 0.1) is 0 Å². The number of amides is 1. The Morgan fingerprint density at radius 2 is 2.26 bits per heavy atom. The van der Waals surface area contributed by atoms with Gasteiger partial charge in [-0.3, -0.25) is 9.48 Å². The lowest BCUT2D eigenvalue weighted by molar-refractivity contribution is 0.0789. The van der Waals surface area contributed by atoms with Crippen molar-refractivity contribution in [1.82, 2.24) is 14.7 Å². The zero-order valence-electron chi connectivity index (χ0n) is 13.5. The van der Waals surface area contributed by atoms with Crippen LogP contribution in [-0.4, -0.2) is 46.8 Å². The number of aromatic nitrogens is 2. The van der Waals surface area contributed by atoms with Crippen molar-refractivity contribution >= 4 is 5.91 Å². The van der Waals surface area contributed by atoms with Crippen molar-refractivity contribution in [2.75, 3.05) is 20.2 Å². The van der Waals surface area contributed by atoms with Gasteiger partial charge in [-0.15, -0.1) is 0 Å². The van der Waals surface area contributed by atoms with E-state index >= 15 is 0 Å². The summed E-state index contributed by atoms with van der Waals surface area (Å²) in [4.78, 5) is 14.4. The molecule has 6 heteroatoms. The summed E-state index contributed by atoms with van der Waals surface area (Å²) < 4.78 is 7.03. The molecule has 3 rings (SSSR count). The summed E-state index contributed by atoms with van der Waals surface area (Å²) >= 11 is 0. The zero-order chi connectivity index (χ0) is 16.4. The number of rotatable bonds is 4. The Hall–Kier alpha value is -2.34. The molecule has 1 amide bonds. The molecule has 122 valence electrons. The molecule has 1 aliphatic heterocycles. The van der Waals surface area contributed by atoms with E-state index in [1.165, 1.54) is 0 Å². The van der Waals surface area contributed by atoms with E-state index in [-0.39, 0.29) is 17.9 Å². The predicted molar refractivity (Wildman–Crippen MR) is 87.5 cm³/mol. The molecule has 1 saturated heterocycles. The Bertz CT molecular complexity index is 697. The molecule has 0 bridgehead atoms. The van der Waals surface area contributed by atoms with Crippen LogP contribution < -0.4 is 10.5 Å². The average molecular weight is 314 g/mol. The first-order valence-corrected chi connectivity index (χ1v) is 7.83. The lowest BCUT2D eigenvalue weighted by Gasteiger charge is -2.16. The van der Waals surface area contributed by atoms with Gasteiger partial charge in [-0.25, -0.2) is 0 Å². The molecule has 1 aromatic carbocycles. The number of hydrogen-bond donors (Lipinski definition) is 1. The van der Waals surface area contributed by atoms with Crippen molar-refractivity contribution in [3.8, 4) is 5.75 Å². The number of ether oxygens (including phenoxy) is 1. The van der Waals surface area contributed by atoms with Crippen LogP contribution in [0.2, 0.25) is 0 Å². The van der Waals surface area contributed by atoms with Crippen LogP contribution in [0.25, 0.3) is 0 Å². The average Bonchev–Trinajstić information content (AvgIpc) is 3.21. The molecule has 2 N–H and O–H groups in total. The van der Waals surface area contributed by atoms with E-state index in [1.807, 2.05) is 36.1 Å². The van der Waals surface area contributed by atoms with Crippen molar-refractivity contribution in [2.24, 2.45) is 5.73 Å². The first kappa shape index (κ1) is 15.6. The van der Waals surface area contributed by atoms with E-state index in [1.54, 1.807) is 24.2 Å². The highest BCUT2D eigenvalue weighted by Crippen LogP contribution is 2.29. The Morgan fingerprint density at radius 1 is 1.43 bits per heavy atom. The van der Waals surface area contributed by atoms with Gasteiger partial charge in [0.15, 0.2) is 0 Å². The van der Waals surface area contributed by atoms with Crippen molar-refractivity contribution < 1.29 is 9.53 Å². The number of nitrogens with zero attached hydrogens (tertiary/aromatic N) is 3. The molecule has 2 aromatic rings. The molecule has 1 aliphatic rings. The number of carbonyl (C=O) groups excluding carboxylic acids is 1. The van der Waals surface area contributed by atoms with Gasteiger partial charge in [0, 0.05) is 37.8 Å². The van der Waals surface area contributed by atoms with Crippen LogP contribution in [0.1, 0.15) is 28.8 Å². The maximum absolute atomic E-state index is 12.6. The van der Waals surface area contributed by atoms with Crippen molar-refractivity contribution in [3.05, 3.63) is 47.8 Å². The van der Waals surface area contributed by atoms with Gasteiger partial charge in [-0.2, -0.15) is 5.10 Å². The second-order valence-electron chi connectivity index (χ2n) is 5.84. The summed E-state index contributed by atoms with van der Waals surface area (Å²) in [6.07, 6.45) is 3.41. The molecular weight excluding hydrogens is 292 g/mol. The van der Waals surface area contributed by atoms with Crippen LogP contribution in [-0.2, 0) is 6.54 Å². The van der Waals surface area contributed by atoms with Crippen molar-refractivity contribution in [1.29, 1.82) is 0 Å². The van der Waals surface area contributed by atoms with E-state index in [0.717, 1.165) is 17.9 Å². The molecule has 1 fully saturated rings. The second kappa shape index (κ2) is 6.42. The quantitative estimate of drug-likeness (QED) is 0.927. The fourth-order valence-electron chi connectivity index (χ4n) is 3.05. The highest BCUT2D eigenvalue weighted by molar-refractivity contribution is 5.94. The molecule has 0 unspecified atom stereocenters. The number of aryl methyl sites for hydroxylation is 1. The highest BCUT2D eigenvalue weighted by atomic mass is 16.5. The van der Waals surface area contributed by atoms with E-state index in [0.29, 0.717) is 18.7 Å². The molecule has 2 atom stereocenters. The Kier molecular flexibility index (Phi) is 4.34. The molecule has 2 heterocycles.